The lowest BCUT2D eigenvalue weighted by atomic mass is 10.2. The molecule has 0 aliphatic rings. The van der Waals surface area contributed by atoms with Crippen LogP contribution in [0.5, 0.6) is 0 Å². The number of halogens is 4. The fourth-order valence-corrected chi connectivity index (χ4v) is 2.26. The van der Waals surface area contributed by atoms with Crippen molar-refractivity contribution in [2.75, 3.05) is 5.32 Å². The van der Waals surface area contributed by atoms with Gasteiger partial charge in [0.2, 0.25) is 0 Å². The molecular weight excluding hydrogens is 348 g/mol. The molecule has 0 aliphatic heterocycles. The molecule has 104 valence electrons. The summed E-state index contributed by atoms with van der Waals surface area (Å²) < 4.78 is 0. The summed E-state index contributed by atoms with van der Waals surface area (Å²) in [6.07, 6.45) is 0. The molecule has 0 fully saturated rings. The summed E-state index contributed by atoms with van der Waals surface area (Å²) in [5.74, 6) is 0. The highest BCUT2D eigenvalue weighted by atomic mass is 35.5. The van der Waals surface area contributed by atoms with Crippen molar-refractivity contribution < 1.29 is 4.92 Å². The molecular formula is C11H5Cl4N3O2. The van der Waals surface area contributed by atoms with Crippen molar-refractivity contribution in [1.29, 1.82) is 0 Å². The van der Waals surface area contributed by atoms with Gasteiger partial charge in [0.25, 0.3) is 5.69 Å². The zero-order chi connectivity index (χ0) is 14.9. The SMILES string of the molecule is O=[N+]([O-])c1cccc(Nc2c(Cl)c(Cl)nc(Cl)c2Cl)c1. The Kier molecular flexibility index (Phi) is 4.55. The maximum absolute atomic E-state index is 10.7. The summed E-state index contributed by atoms with van der Waals surface area (Å²) in [7, 11) is 0. The minimum absolute atomic E-state index is 0.0194. The molecule has 2 aromatic rings. The number of nitro groups is 1. The first-order valence-corrected chi connectivity index (χ1v) is 6.63. The number of benzene rings is 1. The van der Waals surface area contributed by atoms with E-state index in [1.165, 1.54) is 18.2 Å². The van der Waals surface area contributed by atoms with E-state index in [1.807, 2.05) is 0 Å². The van der Waals surface area contributed by atoms with Crippen molar-refractivity contribution in [2.45, 2.75) is 0 Å². The van der Waals surface area contributed by atoms with Crippen LogP contribution in [-0.4, -0.2) is 9.91 Å². The van der Waals surface area contributed by atoms with E-state index in [4.69, 9.17) is 46.4 Å². The number of non-ortho nitro benzene ring substituents is 1. The van der Waals surface area contributed by atoms with Gasteiger partial charge in [-0.25, -0.2) is 4.98 Å². The molecule has 1 heterocycles. The minimum atomic E-state index is -0.513. The summed E-state index contributed by atoms with van der Waals surface area (Å²) in [5.41, 5.74) is 0.577. The maximum atomic E-state index is 10.7. The molecule has 1 N–H and O–H groups in total. The number of aromatic nitrogens is 1. The van der Waals surface area contributed by atoms with Crippen molar-refractivity contribution in [3.05, 3.63) is 54.7 Å². The van der Waals surface area contributed by atoms with Crippen LogP contribution in [0.15, 0.2) is 24.3 Å². The third-order valence-corrected chi connectivity index (χ3v) is 3.80. The number of hydrogen-bond acceptors (Lipinski definition) is 4. The van der Waals surface area contributed by atoms with Gasteiger partial charge in [-0.2, -0.15) is 0 Å². The Morgan fingerprint density at radius 3 is 2.25 bits per heavy atom. The predicted molar refractivity (Wildman–Crippen MR) is 80.7 cm³/mol. The van der Waals surface area contributed by atoms with Crippen molar-refractivity contribution >= 4 is 63.5 Å². The van der Waals surface area contributed by atoms with Crippen LogP contribution in [0.1, 0.15) is 0 Å². The van der Waals surface area contributed by atoms with Crippen LogP contribution in [0.4, 0.5) is 17.1 Å². The lowest BCUT2D eigenvalue weighted by Crippen LogP contribution is -1.96. The van der Waals surface area contributed by atoms with Gasteiger partial charge >= 0.3 is 0 Å². The largest absolute Gasteiger partial charge is 0.353 e. The fraction of sp³-hybridized carbons (Fsp3) is 0. The predicted octanol–water partition coefficient (Wildman–Crippen LogP) is 5.35. The molecule has 20 heavy (non-hydrogen) atoms. The van der Waals surface area contributed by atoms with E-state index in [2.05, 4.69) is 10.3 Å². The first-order chi connectivity index (χ1) is 9.40. The van der Waals surface area contributed by atoms with Gasteiger partial charge in [0.05, 0.1) is 10.6 Å². The first-order valence-electron chi connectivity index (χ1n) is 5.11. The number of nitro benzene ring substituents is 1. The summed E-state index contributed by atoms with van der Waals surface area (Å²) in [6, 6.07) is 5.82. The Labute approximate surface area is 133 Å². The van der Waals surface area contributed by atoms with E-state index in [1.54, 1.807) is 6.07 Å². The smallest absolute Gasteiger partial charge is 0.271 e. The highest BCUT2D eigenvalue weighted by Crippen LogP contribution is 2.40. The van der Waals surface area contributed by atoms with Crippen LogP contribution in [0.25, 0.3) is 0 Å². The molecule has 2 rings (SSSR count). The summed E-state index contributed by atoms with van der Waals surface area (Å²) in [5, 5.41) is 13.7. The van der Waals surface area contributed by atoms with Crippen LogP contribution < -0.4 is 5.32 Å². The number of hydrogen-bond donors (Lipinski definition) is 1. The molecule has 0 aliphatic carbocycles. The molecule has 0 spiro atoms. The molecule has 0 radical (unpaired) electrons. The fourth-order valence-electron chi connectivity index (χ4n) is 1.44. The van der Waals surface area contributed by atoms with Crippen molar-refractivity contribution in [3.63, 3.8) is 0 Å². The summed E-state index contributed by atoms with van der Waals surface area (Å²) in [6.45, 7) is 0. The standard InChI is InChI=1S/C11H5Cl4N3O2/c12-7-9(8(13)11(15)17-10(7)14)16-5-2-1-3-6(4-5)18(19)20/h1-4H,(H,16,17). The highest BCUT2D eigenvalue weighted by Gasteiger charge is 2.16. The first kappa shape index (κ1) is 15.1. The lowest BCUT2D eigenvalue weighted by Gasteiger charge is -2.12. The summed E-state index contributed by atoms with van der Waals surface area (Å²) in [4.78, 5) is 13.9. The van der Waals surface area contributed by atoms with E-state index in [9.17, 15) is 10.1 Å². The van der Waals surface area contributed by atoms with Gasteiger partial charge in [-0.3, -0.25) is 10.1 Å². The second-order valence-electron chi connectivity index (χ2n) is 3.63. The number of nitrogens with zero attached hydrogens (tertiary/aromatic N) is 2. The van der Waals surface area contributed by atoms with Gasteiger partial charge in [0, 0.05) is 17.8 Å². The second kappa shape index (κ2) is 6.01. The Balaban J connectivity index is 2.45. The zero-order valence-corrected chi connectivity index (χ0v) is 12.6. The van der Waals surface area contributed by atoms with Gasteiger partial charge in [0.15, 0.2) is 10.3 Å². The quantitative estimate of drug-likeness (QED) is 0.459. The number of rotatable bonds is 3. The van der Waals surface area contributed by atoms with E-state index in [-0.39, 0.29) is 31.7 Å². The Morgan fingerprint density at radius 1 is 1.10 bits per heavy atom. The molecule has 0 unspecified atom stereocenters. The average molecular weight is 353 g/mol. The average Bonchev–Trinajstić information content (AvgIpc) is 2.42. The van der Waals surface area contributed by atoms with Crippen molar-refractivity contribution in [2.24, 2.45) is 0 Å². The minimum Gasteiger partial charge on any atom is -0.353 e. The van der Waals surface area contributed by atoms with Gasteiger partial charge in [-0.15, -0.1) is 0 Å². The normalized spacial score (nSPS) is 10.4. The van der Waals surface area contributed by atoms with Gasteiger partial charge in [-0.05, 0) is 6.07 Å². The van der Waals surface area contributed by atoms with Crippen LogP contribution in [0.3, 0.4) is 0 Å². The van der Waals surface area contributed by atoms with E-state index in [0.717, 1.165) is 0 Å². The third kappa shape index (κ3) is 3.07. The van der Waals surface area contributed by atoms with E-state index < -0.39 is 4.92 Å². The monoisotopic (exact) mass is 351 g/mol. The second-order valence-corrected chi connectivity index (χ2v) is 5.10. The molecule has 0 bridgehead atoms. The number of nitrogens with one attached hydrogen (secondary N) is 1. The molecule has 0 saturated heterocycles. The van der Waals surface area contributed by atoms with Crippen molar-refractivity contribution in [1.82, 2.24) is 4.98 Å². The van der Waals surface area contributed by atoms with Crippen molar-refractivity contribution in [3.8, 4) is 0 Å². The highest BCUT2D eigenvalue weighted by molar-refractivity contribution is 6.48. The molecule has 0 saturated carbocycles. The van der Waals surface area contributed by atoms with E-state index in [0.29, 0.717) is 5.69 Å². The molecule has 9 heteroatoms. The lowest BCUT2D eigenvalue weighted by molar-refractivity contribution is -0.384. The molecule has 0 atom stereocenters. The molecule has 5 nitrogen and oxygen atoms in total. The van der Waals surface area contributed by atoms with Gasteiger partial charge in [0.1, 0.15) is 10.0 Å². The Morgan fingerprint density at radius 2 is 1.70 bits per heavy atom. The Bertz CT molecular complexity index is 667. The number of pyridine rings is 1. The van der Waals surface area contributed by atoms with Gasteiger partial charge in [-0.1, -0.05) is 52.5 Å². The maximum Gasteiger partial charge on any atom is 0.271 e. The molecule has 1 aromatic heterocycles. The van der Waals surface area contributed by atoms with Crippen LogP contribution in [-0.2, 0) is 0 Å². The number of anilines is 2. The zero-order valence-electron chi connectivity index (χ0n) is 9.53. The third-order valence-electron chi connectivity index (χ3n) is 2.32. The van der Waals surface area contributed by atoms with Crippen LogP contribution >= 0.6 is 46.4 Å². The van der Waals surface area contributed by atoms with E-state index >= 15 is 0 Å². The van der Waals surface area contributed by atoms with Crippen LogP contribution in [0.2, 0.25) is 20.4 Å². The Hall–Kier alpha value is -1.27. The topological polar surface area (TPSA) is 68.1 Å². The molecule has 1 aromatic carbocycles. The summed E-state index contributed by atoms with van der Waals surface area (Å²) >= 11 is 23.6. The van der Waals surface area contributed by atoms with Gasteiger partial charge < -0.3 is 5.32 Å². The van der Waals surface area contributed by atoms with Crippen LogP contribution in [0, 0.1) is 10.1 Å². The molecule has 0 amide bonds.